The van der Waals surface area contributed by atoms with Gasteiger partial charge >= 0.3 is 41.9 Å². The van der Waals surface area contributed by atoms with Crippen LogP contribution >= 0.6 is 0 Å². The third-order valence-electron chi connectivity index (χ3n) is 10.7. The smallest absolute Gasteiger partial charge is 0.407 e. The summed E-state index contributed by atoms with van der Waals surface area (Å²) in [5.74, 6) is -5.66. The second-order valence-corrected chi connectivity index (χ2v) is 23.6. The molecule has 0 saturated heterocycles. The molecule has 1 aliphatic rings. The number of esters is 5. The Morgan fingerprint density at radius 3 is 1.28 bits per heavy atom. The molecule has 0 heterocycles. The Bertz CT molecular complexity index is 2130. The number of carboxylic acids is 1. The van der Waals surface area contributed by atoms with Gasteiger partial charge in [0, 0.05) is 45.1 Å². The maximum atomic E-state index is 14.4. The summed E-state index contributed by atoms with van der Waals surface area (Å²) < 4.78 is 33.8. The van der Waals surface area contributed by atoms with Crippen molar-refractivity contribution in [2.45, 2.75) is 163 Å². The van der Waals surface area contributed by atoms with Crippen LogP contribution < -0.4 is 10.6 Å². The third kappa shape index (κ3) is 24.4. The molecule has 0 radical (unpaired) electrons. The number of hydrogen-bond acceptors (Lipinski definition) is 17. The number of rotatable bonds is 25. The summed E-state index contributed by atoms with van der Waals surface area (Å²) >= 11 is 0. The van der Waals surface area contributed by atoms with Gasteiger partial charge in [0.1, 0.15) is 46.7 Å². The molecule has 1 aliphatic carbocycles. The highest BCUT2D eigenvalue weighted by atomic mass is 16.6. The van der Waals surface area contributed by atoms with Crippen molar-refractivity contribution in [3.8, 4) is 11.1 Å². The van der Waals surface area contributed by atoms with Crippen LogP contribution in [0.25, 0.3) is 11.1 Å². The molecule has 0 aliphatic heterocycles. The second-order valence-electron chi connectivity index (χ2n) is 23.6. The van der Waals surface area contributed by atoms with Crippen LogP contribution in [-0.4, -0.2) is 173 Å². The van der Waals surface area contributed by atoms with Gasteiger partial charge in [0.05, 0.1) is 26.2 Å². The van der Waals surface area contributed by atoms with E-state index in [9.17, 15) is 43.5 Å². The molecule has 0 aromatic heterocycles. The van der Waals surface area contributed by atoms with Crippen LogP contribution in [0.2, 0.25) is 0 Å². The van der Waals surface area contributed by atoms with Gasteiger partial charge in [-0.05, 0) is 133 Å². The molecule has 418 valence electrons. The third-order valence-corrected chi connectivity index (χ3v) is 10.7. The Balaban J connectivity index is 1.92. The molecule has 2 atom stereocenters. The minimum absolute atomic E-state index is 0.0378. The van der Waals surface area contributed by atoms with Gasteiger partial charge < -0.3 is 44.2 Å². The van der Waals surface area contributed by atoms with Crippen LogP contribution in [0.3, 0.4) is 0 Å². The molecule has 2 amide bonds. The fourth-order valence-electron chi connectivity index (χ4n) is 7.99. The zero-order valence-electron chi connectivity index (χ0n) is 46.8. The molecule has 2 aromatic carbocycles. The van der Waals surface area contributed by atoms with Gasteiger partial charge in [-0.2, -0.15) is 0 Å². The van der Waals surface area contributed by atoms with Gasteiger partial charge in [0.25, 0.3) is 0 Å². The molecule has 1 unspecified atom stereocenters. The number of alkyl carbamates (subject to hydrolysis) is 1. The number of carbonyl (C=O) groups excluding carboxylic acids is 7. The lowest BCUT2D eigenvalue weighted by Crippen LogP contribution is -2.52. The minimum atomic E-state index is -1.59. The van der Waals surface area contributed by atoms with Crippen molar-refractivity contribution in [3.05, 3.63) is 59.7 Å². The van der Waals surface area contributed by atoms with Gasteiger partial charge in [-0.1, -0.05) is 48.5 Å². The van der Waals surface area contributed by atoms with E-state index in [1.54, 1.807) is 109 Å². The number of hydrogen-bond donors (Lipinski definition) is 3. The van der Waals surface area contributed by atoms with Crippen LogP contribution in [0.4, 0.5) is 4.79 Å². The number of benzene rings is 2. The summed E-state index contributed by atoms with van der Waals surface area (Å²) in [6, 6.07) is 12.7. The summed E-state index contributed by atoms with van der Waals surface area (Å²) in [5.41, 5.74) is -0.456. The first-order chi connectivity index (χ1) is 34.5. The summed E-state index contributed by atoms with van der Waals surface area (Å²) in [4.78, 5) is 111. The van der Waals surface area contributed by atoms with E-state index < -0.39 is 94.4 Å². The van der Waals surface area contributed by atoms with Crippen LogP contribution in [-0.2, 0) is 62.0 Å². The zero-order chi connectivity index (χ0) is 56.7. The molecule has 0 fully saturated rings. The Morgan fingerprint density at radius 1 is 0.547 bits per heavy atom. The second kappa shape index (κ2) is 27.1. The first-order valence-electron chi connectivity index (χ1n) is 25.4. The monoisotopic (exact) mass is 1050 g/mol. The topological polar surface area (TPSA) is 246 Å². The van der Waals surface area contributed by atoms with Crippen molar-refractivity contribution in [1.82, 2.24) is 25.3 Å². The highest BCUT2D eigenvalue weighted by Crippen LogP contribution is 2.44. The average Bonchev–Trinajstić information content (AvgIpc) is 3.54. The first kappa shape index (κ1) is 63.2. The molecule has 3 rings (SSSR count). The molecular weight excluding hydrogens is 971 g/mol. The van der Waals surface area contributed by atoms with E-state index in [0.29, 0.717) is 0 Å². The SMILES string of the molecule is CC(C)(C)OC(=O)CN(CCN(CCN(CC(=O)OC(C)(C)C)CC(=O)OC(C)(C)C)C(CCC(=O)NC[C@H](NC(=O)OCC1c2ccccc2-c2ccccc21)C(=O)O)C(=O)OC(C)(C)C)CC(=O)OC(C)(C)C. The predicted octanol–water partition coefficient (Wildman–Crippen LogP) is 5.86. The molecule has 75 heavy (non-hydrogen) atoms. The fourth-order valence-corrected chi connectivity index (χ4v) is 7.99. The van der Waals surface area contributed by atoms with Crippen molar-refractivity contribution in [2.75, 3.05) is 65.5 Å². The number of ether oxygens (including phenoxy) is 6. The predicted molar refractivity (Wildman–Crippen MR) is 279 cm³/mol. The summed E-state index contributed by atoms with van der Waals surface area (Å²) in [6.07, 6.45) is -1.55. The average molecular weight is 1050 g/mol. The Hall–Kier alpha value is -6.12. The van der Waals surface area contributed by atoms with E-state index in [1.807, 2.05) is 48.5 Å². The van der Waals surface area contributed by atoms with E-state index in [1.165, 1.54) is 9.80 Å². The number of carboxylic acid groups (broad SMARTS) is 1. The standard InChI is InChI=1S/C55H83N5O15/c1-51(2,3)71-44(62)31-58(32-45(63)72-52(4,5)6)26-28-60(29-27-59(33-46(64)73-53(7,8)9)34-47(65)74-54(10,11)12)42(49(68)75-55(13,14)15)24-25-43(61)56-30-41(48(66)67)57-50(69)70-35-40-38-22-18-16-20-36(38)37-21-17-19-23-39(37)40/h16-23,40-42H,24-35H2,1-15H3,(H,56,61)(H,57,69)(H,66,67)/t41-,42?/m0/s1. The number of nitrogens with one attached hydrogen (secondary N) is 2. The molecule has 3 N–H and O–H groups in total. The number of nitrogens with zero attached hydrogens (tertiary/aromatic N) is 3. The van der Waals surface area contributed by atoms with Gasteiger partial charge in [-0.3, -0.25) is 43.5 Å². The van der Waals surface area contributed by atoms with Crippen molar-refractivity contribution in [2.24, 2.45) is 0 Å². The molecule has 20 nitrogen and oxygen atoms in total. The number of carbonyl (C=O) groups is 8. The minimum Gasteiger partial charge on any atom is -0.480 e. The Labute approximate surface area is 442 Å². The van der Waals surface area contributed by atoms with Gasteiger partial charge in [0.15, 0.2) is 0 Å². The van der Waals surface area contributed by atoms with E-state index in [0.717, 1.165) is 22.3 Å². The van der Waals surface area contributed by atoms with Crippen molar-refractivity contribution in [3.63, 3.8) is 0 Å². The van der Waals surface area contributed by atoms with Crippen molar-refractivity contribution >= 4 is 47.8 Å². The molecule has 20 heteroatoms. The lowest BCUT2D eigenvalue weighted by Gasteiger charge is -2.35. The van der Waals surface area contributed by atoms with Gasteiger partial charge in [0.2, 0.25) is 5.91 Å². The largest absolute Gasteiger partial charge is 0.480 e. The van der Waals surface area contributed by atoms with E-state index >= 15 is 0 Å². The van der Waals surface area contributed by atoms with E-state index in [2.05, 4.69) is 10.6 Å². The lowest BCUT2D eigenvalue weighted by atomic mass is 9.98. The molecule has 0 saturated carbocycles. The fraction of sp³-hybridized carbons (Fsp3) is 0.636. The van der Waals surface area contributed by atoms with Crippen molar-refractivity contribution in [1.29, 1.82) is 0 Å². The maximum Gasteiger partial charge on any atom is 0.407 e. The van der Waals surface area contributed by atoms with Gasteiger partial charge in [-0.25, -0.2) is 9.59 Å². The van der Waals surface area contributed by atoms with Crippen LogP contribution in [0.1, 0.15) is 134 Å². The number of fused-ring (bicyclic) bond motifs is 3. The lowest BCUT2D eigenvalue weighted by molar-refractivity contribution is -0.165. The van der Waals surface area contributed by atoms with E-state index in [4.69, 9.17) is 28.4 Å². The maximum absolute atomic E-state index is 14.4. The summed E-state index contributed by atoms with van der Waals surface area (Å²) in [7, 11) is 0. The number of amides is 2. The molecule has 0 spiro atoms. The molecule has 0 bridgehead atoms. The highest BCUT2D eigenvalue weighted by molar-refractivity contribution is 5.83. The normalized spacial score (nSPS) is 13.8. The zero-order valence-corrected chi connectivity index (χ0v) is 46.8. The Kier molecular flexibility index (Phi) is 22.8. The molecule has 2 aromatic rings. The quantitative estimate of drug-likeness (QED) is 0.0779. The summed E-state index contributed by atoms with van der Waals surface area (Å²) in [6.45, 7) is 23.3. The molecular formula is C55H83N5O15. The van der Waals surface area contributed by atoms with Gasteiger partial charge in [-0.15, -0.1) is 0 Å². The Morgan fingerprint density at radius 2 is 0.920 bits per heavy atom. The summed E-state index contributed by atoms with van der Waals surface area (Å²) in [5, 5.41) is 15.0. The van der Waals surface area contributed by atoms with E-state index in [-0.39, 0.29) is 77.7 Å². The van der Waals surface area contributed by atoms with Crippen LogP contribution in [0.15, 0.2) is 48.5 Å². The van der Waals surface area contributed by atoms with Crippen molar-refractivity contribution < 1.29 is 71.9 Å². The highest BCUT2D eigenvalue weighted by Gasteiger charge is 2.35. The van der Waals surface area contributed by atoms with Crippen LogP contribution in [0.5, 0.6) is 0 Å². The van der Waals surface area contributed by atoms with Crippen LogP contribution in [0, 0.1) is 0 Å². The first-order valence-corrected chi connectivity index (χ1v) is 25.4. The number of aliphatic carboxylic acids is 1.